The van der Waals surface area contributed by atoms with Gasteiger partial charge >= 0.3 is 5.97 Å². The van der Waals surface area contributed by atoms with Gasteiger partial charge in [-0.2, -0.15) is 0 Å². The van der Waals surface area contributed by atoms with Gasteiger partial charge in [0.05, 0.1) is 22.7 Å². The number of aromatic nitrogens is 2. The van der Waals surface area contributed by atoms with Gasteiger partial charge in [-0.1, -0.05) is 28.9 Å². The maximum Gasteiger partial charge on any atom is 0.315 e. The molecule has 0 radical (unpaired) electrons. The molecule has 4 aromatic rings. The minimum absolute atomic E-state index is 0.126. The average Bonchev–Trinajstić information content (AvgIpc) is 3.07. The van der Waals surface area contributed by atoms with Gasteiger partial charge in [0.1, 0.15) is 23.6 Å². The first-order valence-corrected chi connectivity index (χ1v) is 9.76. The smallest absolute Gasteiger partial charge is 0.315 e. The summed E-state index contributed by atoms with van der Waals surface area (Å²) in [6, 6.07) is 14.3. The molecule has 2 heterocycles. The quantitative estimate of drug-likeness (QED) is 0.313. The van der Waals surface area contributed by atoms with Crippen LogP contribution in [0.2, 0.25) is 5.02 Å². The number of aryl methyl sites for hydroxylation is 2. The number of nitrogens with zero attached hydrogens (tertiary/aromatic N) is 2. The van der Waals surface area contributed by atoms with Crippen LogP contribution in [0.5, 0.6) is 11.5 Å². The van der Waals surface area contributed by atoms with Crippen molar-refractivity contribution in [3.05, 3.63) is 82.3 Å². The zero-order valence-electron chi connectivity index (χ0n) is 16.5. The summed E-state index contributed by atoms with van der Waals surface area (Å²) in [4.78, 5) is 16.7. The SMILES string of the molecule is Cc1noc(C)c1COc1ccc(CC(=O)Oc2ccc(Cl)c3cccnc23)cc1. The Labute approximate surface area is 178 Å². The summed E-state index contributed by atoms with van der Waals surface area (Å²) in [7, 11) is 0. The monoisotopic (exact) mass is 422 g/mol. The number of carbonyl (C=O) groups is 1. The summed E-state index contributed by atoms with van der Waals surface area (Å²) in [5, 5.41) is 5.22. The zero-order chi connectivity index (χ0) is 21.1. The third-order valence-corrected chi connectivity index (χ3v) is 5.07. The molecule has 4 rings (SSSR count). The van der Waals surface area contributed by atoms with Crippen LogP contribution in [0.4, 0.5) is 0 Å². The number of rotatable bonds is 6. The van der Waals surface area contributed by atoms with E-state index in [1.807, 2.05) is 44.2 Å². The van der Waals surface area contributed by atoms with E-state index >= 15 is 0 Å². The van der Waals surface area contributed by atoms with Crippen molar-refractivity contribution in [3.8, 4) is 11.5 Å². The standard InChI is InChI=1S/C23H19ClN2O4/c1-14-19(15(2)30-26-14)13-28-17-7-5-16(6-8-17)12-22(27)29-21-10-9-20(24)18-4-3-11-25-23(18)21/h3-11H,12-13H2,1-2H3. The van der Waals surface area contributed by atoms with Crippen LogP contribution in [-0.2, 0) is 17.8 Å². The number of fused-ring (bicyclic) bond motifs is 1. The van der Waals surface area contributed by atoms with Gasteiger partial charge < -0.3 is 14.0 Å². The first kappa shape index (κ1) is 19.9. The summed E-state index contributed by atoms with van der Waals surface area (Å²) in [6.07, 6.45) is 1.76. The minimum atomic E-state index is -0.381. The molecule has 2 aromatic carbocycles. The van der Waals surface area contributed by atoms with Crippen molar-refractivity contribution < 1.29 is 18.8 Å². The van der Waals surface area contributed by atoms with Crippen molar-refractivity contribution >= 4 is 28.5 Å². The Balaban J connectivity index is 1.39. The Morgan fingerprint density at radius 2 is 1.90 bits per heavy atom. The van der Waals surface area contributed by atoms with Crippen LogP contribution < -0.4 is 9.47 Å². The molecule has 0 saturated carbocycles. The number of hydrogen-bond donors (Lipinski definition) is 0. The maximum absolute atomic E-state index is 12.4. The number of hydrogen-bond acceptors (Lipinski definition) is 6. The van der Waals surface area contributed by atoms with Crippen LogP contribution >= 0.6 is 11.6 Å². The second kappa shape index (κ2) is 8.55. The van der Waals surface area contributed by atoms with Crippen molar-refractivity contribution in [2.24, 2.45) is 0 Å². The molecule has 0 atom stereocenters. The lowest BCUT2D eigenvalue weighted by molar-refractivity contribution is -0.133. The molecule has 0 saturated heterocycles. The van der Waals surface area contributed by atoms with Crippen LogP contribution in [0.3, 0.4) is 0 Å². The average molecular weight is 423 g/mol. The molecule has 0 amide bonds. The third-order valence-electron chi connectivity index (χ3n) is 4.74. The van der Waals surface area contributed by atoms with Gasteiger partial charge in [0, 0.05) is 11.6 Å². The summed E-state index contributed by atoms with van der Waals surface area (Å²) < 4.78 is 16.5. The van der Waals surface area contributed by atoms with E-state index in [-0.39, 0.29) is 12.4 Å². The van der Waals surface area contributed by atoms with E-state index in [9.17, 15) is 4.79 Å². The molecule has 0 bridgehead atoms. The Kier molecular flexibility index (Phi) is 5.68. The number of benzene rings is 2. The predicted octanol–water partition coefficient (Wildman–Crippen LogP) is 5.22. The molecule has 0 N–H and O–H groups in total. The lowest BCUT2D eigenvalue weighted by Gasteiger charge is -2.09. The summed E-state index contributed by atoms with van der Waals surface area (Å²) in [5.74, 6) is 1.45. The zero-order valence-corrected chi connectivity index (χ0v) is 17.3. The van der Waals surface area contributed by atoms with Gasteiger partial charge in [0.25, 0.3) is 0 Å². The molecule has 0 aliphatic rings. The normalized spacial score (nSPS) is 10.9. The molecule has 152 valence electrons. The van der Waals surface area contributed by atoms with Crippen LogP contribution in [0.15, 0.2) is 59.3 Å². The van der Waals surface area contributed by atoms with Crippen LogP contribution in [-0.4, -0.2) is 16.1 Å². The fourth-order valence-electron chi connectivity index (χ4n) is 3.09. The van der Waals surface area contributed by atoms with Gasteiger partial charge in [-0.25, -0.2) is 0 Å². The highest BCUT2D eigenvalue weighted by Gasteiger charge is 2.13. The molecule has 30 heavy (non-hydrogen) atoms. The largest absolute Gasteiger partial charge is 0.489 e. The molecule has 7 heteroatoms. The van der Waals surface area contributed by atoms with Gasteiger partial charge in [0.15, 0.2) is 5.75 Å². The second-order valence-electron chi connectivity index (χ2n) is 6.83. The highest BCUT2D eigenvalue weighted by atomic mass is 35.5. The molecule has 0 spiro atoms. The number of carbonyl (C=O) groups excluding carboxylic acids is 1. The van der Waals surface area contributed by atoms with Crippen molar-refractivity contribution in [1.29, 1.82) is 0 Å². The number of halogens is 1. The first-order valence-electron chi connectivity index (χ1n) is 9.38. The first-order chi connectivity index (χ1) is 14.5. The summed E-state index contributed by atoms with van der Waals surface area (Å²) >= 11 is 6.18. The van der Waals surface area contributed by atoms with E-state index in [0.29, 0.717) is 28.6 Å². The second-order valence-corrected chi connectivity index (χ2v) is 7.24. The summed E-state index contributed by atoms with van der Waals surface area (Å²) in [6.45, 7) is 4.11. The maximum atomic E-state index is 12.4. The fraction of sp³-hybridized carbons (Fsp3) is 0.174. The Morgan fingerprint density at radius 1 is 1.10 bits per heavy atom. The molecule has 2 aromatic heterocycles. The van der Waals surface area contributed by atoms with E-state index in [4.69, 9.17) is 25.6 Å². The van der Waals surface area contributed by atoms with E-state index < -0.39 is 0 Å². The van der Waals surface area contributed by atoms with Crippen LogP contribution in [0.1, 0.15) is 22.6 Å². The molecule has 0 unspecified atom stereocenters. The molecular formula is C23H19ClN2O4. The number of pyridine rings is 1. The Bertz CT molecular complexity index is 1180. The Hall–Kier alpha value is -3.38. The molecule has 0 fully saturated rings. The summed E-state index contributed by atoms with van der Waals surface area (Å²) in [5.41, 5.74) is 3.12. The molecule has 0 aliphatic carbocycles. The number of esters is 1. The van der Waals surface area contributed by atoms with Gasteiger partial charge in [-0.3, -0.25) is 9.78 Å². The van der Waals surface area contributed by atoms with Crippen molar-refractivity contribution in [1.82, 2.24) is 10.1 Å². The Morgan fingerprint density at radius 3 is 2.63 bits per heavy atom. The minimum Gasteiger partial charge on any atom is -0.489 e. The van der Waals surface area contributed by atoms with Gasteiger partial charge in [0.2, 0.25) is 0 Å². The topological polar surface area (TPSA) is 74.5 Å². The van der Waals surface area contributed by atoms with E-state index in [2.05, 4.69) is 10.1 Å². The van der Waals surface area contributed by atoms with E-state index in [0.717, 1.165) is 28.0 Å². The predicted molar refractivity (Wildman–Crippen MR) is 113 cm³/mol. The van der Waals surface area contributed by atoms with Crippen LogP contribution in [0.25, 0.3) is 10.9 Å². The molecule has 0 aliphatic heterocycles. The number of ether oxygens (including phenoxy) is 2. The van der Waals surface area contributed by atoms with E-state index in [1.165, 1.54) is 0 Å². The molecular weight excluding hydrogens is 404 g/mol. The van der Waals surface area contributed by atoms with Crippen molar-refractivity contribution in [2.45, 2.75) is 26.9 Å². The van der Waals surface area contributed by atoms with Crippen molar-refractivity contribution in [2.75, 3.05) is 0 Å². The lowest BCUT2D eigenvalue weighted by atomic mass is 10.1. The highest BCUT2D eigenvalue weighted by Crippen LogP contribution is 2.30. The van der Waals surface area contributed by atoms with Gasteiger partial charge in [-0.15, -0.1) is 0 Å². The fourth-order valence-corrected chi connectivity index (χ4v) is 3.30. The third kappa shape index (κ3) is 4.28. The van der Waals surface area contributed by atoms with E-state index in [1.54, 1.807) is 24.4 Å². The highest BCUT2D eigenvalue weighted by molar-refractivity contribution is 6.35. The lowest BCUT2D eigenvalue weighted by Crippen LogP contribution is -2.11. The van der Waals surface area contributed by atoms with Crippen molar-refractivity contribution in [3.63, 3.8) is 0 Å². The van der Waals surface area contributed by atoms with Gasteiger partial charge in [-0.05, 0) is 55.8 Å². The molecule has 6 nitrogen and oxygen atoms in total. The van der Waals surface area contributed by atoms with Crippen LogP contribution in [0, 0.1) is 13.8 Å².